The summed E-state index contributed by atoms with van der Waals surface area (Å²) in [7, 11) is 0. The maximum absolute atomic E-state index is 10.7. The number of aliphatic carboxylic acids is 1. The fourth-order valence-electron chi connectivity index (χ4n) is 0.900. The molecule has 7 heteroatoms. The highest BCUT2D eigenvalue weighted by Gasteiger charge is 2.11. The molecular weight excluding hydrogens is 200 g/mol. The van der Waals surface area contributed by atoms with Crippen LogP contribution in [-0.2, 0) is 16.1 Å². The monoisotopic (exact) mass is 210 g/mol. The molecule has 0 spiro atoms. The third kappa shape index (κ3) is 2.90. The second-order valence-electron chi connectivity index (χ2n) is 2.82. The van der Waals surface area contributed by atoms with Gasteiger partial charge in [0.25, 0.3) is 0 Å². The Kier molecular flexibility index (Phi) is 3.17. The fourth-order valence-corrected chi connectivity index (χ4v) is 0.900. The summed E-state index contributed by atoms with van der Waals surface area (Å²) >= 11 is 0. The van der Waals surface area contributed by atoms with Crippen molar-refractivity contribution >= 4 is 17.7 Å². The van der Waals surface area contributed by atoms with Gasteiger partial charge in [0.1, 0.15) is 11.6 Å². The molecule has 1 aromatic heterocycles. The van der Waals surface area contributed by atoms with Crippen molar-refractivity contribution in [3.05, 3.63) is 17.6 Å². The second-order valence-corrected chi connectivity index (χ2v) is 2.82. The van der Waals surface area contributed by atoms with Crippen molar-refractivity contribution in [2.24, 2.45) is 0 Å². The van der Waals surface area contributed by atoms with Crippen molar-refractivity contribution in [2.75, 3.05) is 5.73 Å². The number of carboxylic acids is 1. The van der Waals surface area contributed by atoms with Gasteiger partial charge in [0, 0.05) is 18.3 Å². The molecule has 0 saturated heterocycles. The Bertz CT molecular complexity index is 405. The lowest BCUT2D eigenvalue weighted by Gasteiger charge is -2.04. The zero-order chi connectivity index (χ0) is 11.4. The molecule has 0 aliphatic heterocycles. The number of carboxylic acid groups (broad SMARTS) is 1. The first-order valence-electron chi connectivity index (χ1n) is 4.10. The number of rotatable bonds is 2. The van der Waals surface area contributed by atoms with Crippen LogP contribution in [0.2, 0.25) is 0 Å². The van der Waals surface area contributed by atoms with E-state index in [1.807, 2.05) is 0 Å². The van der Waals surface area contributed by atoms with Gasteiger partial charge < -0.3 is 16.2 Å². The van der Waals surface area contributed by atoms with Crippen molar-refractivity contribution in [1.29, 1.82) is 0 Å². The summed E-state index contributed by atoms with van der Waals surface area (Å²) in [6, 6.07) is 0. The molecule has 0 atom stereocenters. The van der Waals surface area contributed by atoms with Gasteiger partial charge in [-0.05, 0) is 6.92 Å². The summed E-state index contributed by atoms with van der Waals surface area (Å²) in [5.41, 5.74) is 6.02. The fraction of sp³-hybridized carbons (Fsp3) is 0.250. The van der Waals surface area contributed by atoms with Crippen LogP contribution in [0.15, 0.2) is 6.20 Å². The Morgan fingerprint density at radius 1 is 1.60 bits per heavy atom. The van der Waals surface area contributed by atoms with Crippen molar-refractivity contribution in [3.8, 4) is 0 Å². The first kappa shape index (κ1) is 10.9. The van der Waals surface area contributed by atoms with Gasteiger partial charge >= 0.3 is 11.9 Å². The Morgan fingerprint density at radius 3 is 2.80 bits per heavy atom. The molecule has 1 aromatic rings. The van der Waals surface area contributed by atoms with Gasteiger partial charge in [0.2, 0.25) is 0 Å². The number of carbonyl (C=O) groups excluding carboxylic acids is 1. The lowest BCUT2D eigenvalue weighted by Crippen LogP contribution is -2.30. The summed E-state index contributed by atoms with van der Waals surface area (Å²) in [6.07, 6.45) is 1.44. The largest absolute Gasteiger partial charge is 0.474 e. The summed E-state index contributed by atoms with van der Waals surface area (Å²) < 4.78 is 0. The average Bonchev–Trinajstić information content (AvgIpc) is 2.15. The van der Waals surface area contributed by atoms with E-state index in [1.165, 1.54) is 6.20 Å². The lowest BCUT2D eigenvalue weighted by atomic mass is 10.3. The van der Waals surface area contributed by atoms with Crippen LogP contribution < -0.4 is 11.1 Å². The molecule has 0 aliphatic rings. The minimum atomic E-state index is -1.54. The quantitative estimate of drug-likeness (QED) is 0.542. The molecule has 7 nitrogen and oxygen atoms in total. The topological polar surface area (TPSA) is 118 Å². The Labute approximate surface area is 85.3 Å². The molecule has 0 fully saturated rings. The number of aromatic nitrogens is 2. The van der Waals surface area contributed by atoms with E-state index >= 15 is 0 Å². The molecule has 4 N–H and O–H groups in total. The van der Waals surface area contributed by atoms with Crippen LogP contribution in [0.1, 0.15) is 11.4 Å². The first-order chi connectivity index (χ1) is 7.00. The second kappa shape index (κ2) is 4.36. The van der Waals surface area contributed by atoms with Crippen molar-refractivity contribution in [3.63, 3.8) is 0 Å². The maximum atomic E-state index is 10.7. The lowest BCUT2D eigenvalue weighted by molar-refractivity contribution is -0.150. The molecule has 1 rings (SSSR count). The van der Waals surface area contributed by atoms with Crippen LogP contribution in [0, 0.1) is 6.92 Å². The predicted octanol–water partition coefficient (Wildman–Crippen LogP) is -0.932. The van der Waals surface area contributed by atoms with Crippen LogP contribution in [0.25, 0.3) is 0 Å². The first-order valence-corrected chi connectivity index (χ1v) is 4.10. The Hall–Kier alpha value is -2.18. The van der Waals surface area contributed by atoms with Gasteiger partial charge in [-0.15, -0.1) is 0 Å². The molecule has 0 radical (unpaired) electrons. The Morgan fingerprint density at radius 2 is 2.27 bits per heavy atom. The smallest absolute Gasteiger partial charge is 0.394 e. The summed E-state index contributed by atoms with van der Waals surface area (Å²) in [6.45, 7) is 1.67. The number of amides is 1. The molecule has 1 heterocycles. The number of hydrogen-bond donors (Lipinski definition) is 3. The van der Waals surface area contributed by atoms with Gasteiger partial charge in [0.05, 0.1) is 0 Å². The molecule has 15 heavy (non-hydrogen) atoms. The number of nitrogens with two attached hydrogens (primary N) is 1. The number of aryl methyl sites for hydroxylation is 1. The van der Waals surface area contributed by atoms with Gasteiger partial charge in [-0.25, -0.2) is 14.8 Å². The van der Waals surface area contributed by atoms with E-state index in [-0.39, 0.29) is 12.4 Å². The molecule has 0 unspecified atom stereocenters. The van der Waals surface area contributed by atoms with E-state index in [0.717, 1.165) is 0 Å². The zero-order valence-electron chi connectivity index (χ0n) is 8.02. The third-order valence-corrected chi connectivity index (χ3v) is 1.65. The normalized spacial score (nSPS) is 9.67. The SMILES string of the molecule is Cc1ncc(CNC(=O)C(=O)O)c(N)n1. The van der Waals surface area contributed by atoms with E-state index < -0.39 is 11.9 Å². The van der Waals surface area contributed by atoms with Crippen molar-refractivity contribution < 1.29 is 14.7 Å². The number of anilines is 1. The third-order valence-electron chi connectivity index (χ3n) is 1.65. The molecule has 0 bridgehead atoms. The minimum absolute atomic E-state index is 0.00273. The van der Waals surface area contributed by atoms with Gasteiger partial charge in [0.15, 0.2) is 0 Å². The number of nitrogens with one attached hydrogen (secondary N) is 1. The molecule has 0 aromatic carbocycles. The van der Waals surface area contributed by atoms with Gasteiger partial charge in [-0.2, -0.15) is 0 Å². The maximum Gasteiger partial charge on any atom is 0.394 e. The van der Waals surface area contributed by atoms with E-state index in [4.69, 9.17) is 10.8 Å². The number of carbonyl (C=O) groups is 2. The zero-order valence-corrected chi connectivity index (χ0v) is 8.02. The molecular formula is C8H10N4O3. The number of nitrogens with zero attached hydrogens (tertiary/aromatic N) is 2. The van der Waals surface area contributed by atoms with Gasteiger partial charge in [-0.1, -0.05) is 0 Å². The van der Waals surface area contributed by atoms with Crippen LogP contribution in [-0.4, -0.2) is 27.0 Å². The molecule has 1 amide bonds. The highest BCUT2D eigenvalue weighted by molar-refractivity contribution is 6.31. The van der Waals surface area contributed by atoms with Crippen LogP contribution in [0.5, 0.6) is 0 Å². The highest BCUT2D eigenvalue weighted by Crippen LogP contribution is 2.05. The molecule has 0 saturated carbocycles. The van der Waals surface area contributed by atoms with Crippen LogP contribution in [0.3, 0.4) is 0 Å². The molecule has 0 aliphatic carbocycles. The summed E-state index contributed by atoms with van der Waals surface area (Å²) in [4.78, 5) is 28.6. The molecule has 80 valence electrons. The Balaban J connectivity index is 2.66. The van der Waals surface area contributed by atoms with Crippen LogP contribution >= 0.6 is 0 Å². The minimum Gasteiger partial charge on any atom is -0.474 e. The van der Waals surface area contributed by atoms with E-state index in [0.29, 0.717) is 11.4 Å². The number of hydrogen-bond acceptors (Lipinski definition) is 5. The van der Waals surface area contributed by atoms with E-state index in [1.54, 1.807) is 6.92 Å². The van der Waals surface area contributed by atoms with Gasteiger partial charge in [-0.3, -0.25) is 4.79 Å². The van der Waals surface area contributed by atoms with Crippen molar-refractivity contribution in [2.45, 2.75) is 13.5 Å². The average molecular weight is 210 g/mol. The van der Waals surface area contributed by atoms with Crippen LogP contribution in [0.4, 0.5) is 5.82 Å². The van der Waals surface area contributed by atoms with Crippen molar-refractivity contribution in [1.82, 2.24) is 15.3 Å². The number of nitrogen functional groups attached to an aromatic ring is 1. The van der Waals surface area contributed by atoms with E-state index in [9.17, 15) is 9.59 Å². The summed E-state index contributed by atoms with van der Waals surface area (Å²) in [5.74, 6) is -1.88. The highest BCUT2D eigenvalue weighted by atomic mass is 16.4. The van der Waals surface area contributed by atoms with E-state index in [2.05, 4.69) is 15.3 Å². The standard InChI is InChI=1S/C8H10N4O3/c1-4-10-2-5(6(9)12-4)3-11-7(13)8(14)15/h2H,3H2,1H3,(H,11,13)(H,14,15)(H2,9,10,12). The summed E-state index contributed by atoms with van der Waals surface area (Å²) in [5, 5.41) is 10.5. The predicted molar refractivity (Wildman–Crippen MR) is 50.7 cm³/mol.